The fourth-order valence-electron chi connectivity index (χ4n) is 6.06. The van der Waals surface area contributed by atoms with Crippen LogP contribution in [-0.2, 0) is 25.9 Å². The molecule has 1 unspecified atom stereocenters. The summed E-state index contributed by atoms with van der Waals surface area (Å²) in [5, 5.41) is 3.15. The van der Waals surface area contributed by atoms with Crippen LogP contribution in [0.25, 0.3) is 11.1 Å². The molecule has 1 atom stereocenters. The Kier molecular flexibility index (Phi) is 12.8. The van der Waals surface area contributed by atoms with Crippen LogP contribution in [0.1, 0.15) is 73.9 Å². The van der Waals surface area contributed by atoms with E-state index in [0.29, 0.717) is 49.4 Å². The lowest BCUT2D eigenvalue weighted by molar-refractivity contribution is -0.145. The average Bonchev–Trinajstić information content (AvgIpc) is 3.05. The SMILES string of the molecule is CCOCCCOC(=O)CC(C)(CCCN1CCC(NC(=O)c2ccccc2-c2ccc(C(F)(F)F)cc2)CC1)c1ccccc1. The monoisotopic (exact) mass is 638 g/mol. The van der Waals surface area contributed by atoms with Crippen molar-refractivity contribution in [3.05, 3.63) is 95.6 Å². The maximum atomic E-state index is 13.3. The number of piperidine rings is 1. The van der Waals surface area contributed by atoms with Gasteiger partial charge in [-0.25, -0.2) is 0 Å². The molecule has 1 N–H and O–H groups in total. The quantitative estimate of drug-likeness (QED) is 0.137. The van der Waals surface area contributed by atoms with E-state index in [-0.39, 0.29) is 23.3 Å². The Balaban J connectivity index is 1.27. The van der Waals surface area contributed by atoms with Crippen LogP contribution in [0.5, 0.6) is 0 Å². The normalized spacial score (nSPS) is 15.7. The van der Waals surface area contributed by atoms with Gasteiger partial charge in [0.1, 0.15) is 0 Å². The van der Waals surface area contributed by atoms with Crippen molar-refractivity contribution in [1.29, 1.82) is 0 Å². The van der Waals surface area contributed by atoms with E-state index in [1.54, 1.807) is 24.3 Å². The van der Waals surface area contributed by atoms with Crippen molar-refractivity contribution >= 4 is 11.9 Å². The van der Waals surface area contributed by atoms with Gasteiger partial charge in [0.15, 0.2) is 0 Å². The molecule has 0 aliphatic carbocycles. The van der Waals surface area contributed by atoms with E-state index < -0.39 is 11.7 Å². The zero-order valence-electron chi connectivity index (χ0n) is 26.8. The Hall–Kier alpha value is -3.69. The number of hydrogen-bond donors (Lipinski definition) is 1. The number of ether oxygens (including phenoxy) is 2. The number of carbonyl (C=O) groups excluding carboxylic acids is 2. The third-order valence-electron chi connectivity index (χ3n) is 8.73. The van der Waals surface area contributed by atoms with E-state index in [0.717, 1.165) is 63.0 Å². The summed E-state index contributed by atoms with van der Waals surface area (Å²) < 4.78 is 50.0. The van der Waals surface area contributed by atoms with Gasteiger partial charge >= 0.3 is 12.1 Å². The molecule has 1 aliphatic rings. The second-order valence-electron chi connectivity index (χ2n) is 12.2. The van der Waals surface area contributed by atoms with E-state index >= 15 is 0 Å². The number of nitrogens with one attached hydrogen (secondary N) is 1. The fraction of sp³-hybridized carbons (Fsp3) is 0.459. The first-order valence-corrected chi connectivity index (χ1v) is 16.2. The number of likely N-dealkylation sites (tertiary alicyclic amines) is 1. The number of esters is 1. The molecule has 1 saturated heterocycles. The number of benzene rings is 3. The molecule has 1 fully saturated rings. The Bertz CT molecular complexity index is 1390. The second-order valence-corrected chi connectivity index (χ2v) is 12.2. The number of nitrogens with zero attached hydrogens (tertiary/aromatic N) is 1. The molecule has 0 aromatic heterocycles. The Morgan fingerprint density at radius 3 is 2.22 bits per heavy atom. The summed E-state index contributed by atoms with van der Waals surface area (Å²) in [7, 11) is 0. The van der Waals surface area contributed by atoms with Gasteiger partial charge in [-0.2, -0.15) is 13.2 Å². The molecule has 0 spiro atoms. The summed E-state index contributed by atoms with van der Waals surface area (Å²) in [5.41, 5.74) is 1.66. The van der Waals surface area contributed by atoms with Gasteiger partial charge in [0.05, 0.1) is 18.6 Å². The highest BCUT2D eigenvalue weighted by molar-refractivity contribution is 6.01. The highest BCUT2D eigenvalue weighted by Crippen LogP contribution is 2.34. The molecule has 248 valence electrons. The zero-order chi connectivity index (χ0) is 33.0. The fourth-order valence-corrected chi connectivity index (χ4v) is 6.06. The molecule has 0 saturated carbocycles. The van der Waals surface area contributed by atoms with E-state index in [9.17, 15) is 22.8 Å². The van der Waals surface area contributed by atoms with Crippen LogP contribution < -0.4 is 5.32 Å². The molecule has 0 radical (unpaired) electrons. The predicted octanol–water partition coefficient (Wildman–Crippen LogP) is 7.66. The van der Waals surface area contributed by atoms with Gasteiger partial charge in [0.2, 0.25) is 0 Å². The predicted molar refractivity (Wildman–Crippen MR) is 174 cm³/mol. The lowest BCUT2D eigenvalue weighted by Crippen LogP contribution is -2.45. The van der Waals surface area contributed by atoms with E-state index in [4.69, 9.17) is 9.47 Å². The van der Waals surface area contributed by atoms with E-state index in [1.165, 1.54) is 12.1 Å². The molecule has 3 aromatic rings. The van der Waals surface area contributed by atoms with Crippen LogP contribution in [0.15, 0.2) is 78.9 Å². The van der Waals surface area contributed by atoms with Crippen molar-refractivity contribution in [3.63, 3.8) is 0 Å². The summed E-state index contributed by atoms with van der Waals surface area (Å²) in [6.45, 7) is 8.24. The molecule has 46 heavy (non-hydrogen) atoms. The third kappa shape index (κ3) is 10.2. The Labute approximate surface area is 270 Å². The van der Waals surface area contributed by atoms with E-state index in [1.807, 2.05) is 25.1 Å². The van der Waals surface area contributed by atoms with Gasteiger partial charge in [0.25, 0.3) is 5.91 Å². The van der Waals surface area contributed by atoms with Gasteiger partial charge in [-0.15, -0.1) is 0 Å². The van der Waals surface area contributed by atoms with Crippen LogP contribution in [-0.4, -0.2) is 62.3 Å². The molecule has 0 bridgehead atoms. The summed E-state index contributed by atoms with van der Waals surface area (Å²) in [4.78, 5) is 28.4. The van der Waals surface area contributed by atoms with E-state index in [2.05, 4.69) is 29.3 Å². The summed E-state index contributed by atoms with van der Waals surface area (Å²) in [6, 6.07) is 22.0. The topological polar surface area (TPSA) is 67.9 Å². The van der Waals surface area contributed by atoms with Gasteiger partial charge < -0.3 is 19.7 Å². The van der Waals surface area contributed by atoms with Crippen molar-refractivity contribution < 1.29 is 32.2 Å². The van der Waals surface area contributed by atoms with Crippen molar-refractivity contribution in [2.45, 2.75) is 70.0 Å². The first kappa shape index (κ1) is 35.2. The van der Waals surface area contributed by atoms with Gasteiger partial charge in [-0.3, -0.25) is 9.59 Å². The number of halogens is 3. The van der Waals surface area contributed by atoms with Gasteiger partial charge in [-0.05, 0) is 74.0 Å². The number of amides is 1. The first-order chi connectivity index (χ1) is 22.1. The minimum absolute atomic E-state index is 0.0106. The van der Waals surface area contributed by atoms with Crippen LogP contribution >= 0.6 is 0 Å². The second kappa shape index (κ2) is 16.7. The molecule has 1 amide bonds. The maximum Gasteiger partial charge on any atom is 0.416 e. The lowest BCUT2D eigenvalue weighted by atomic mass is 9.76. The molecule has 4 rings (SSSR count). The van der Waals surface area contributed by atoms with Crippen molar-refractivity contribution in [2.24, 2.45) is 0 Å². The summed E-state index contributed by atoms with van der Waals surface area (Å²) in [5.74, 6) is -0.420. The molecule has 1 heterocycles. The summed E-state index contributed by atoms with van der Waals surface area (Å²) in [6.07, 6.45) is -0.0551. The molecule has 3 aromatic carbocycles. The Morgan fingerprint density at radius 2 is 1.54 bits per heavy atom. The van der Waals surface area contributed by atoms with Crippen molar-refractivity contribution in [3.8, 4) is 11.1 Å². The lowest BCUT2D eigenvalue weighted by Gasteiger charge is -2.34. The largest absolute Gasteiger partial charge is 0.466 e. The number of carbonyl (C=O) groups is 2. The van der Waals surface area contributed by atoms with Crippen LogP contribution in [0.2, 0.25) is 0 Å². The van der Waals surface area contributed by atoms with Crippen LogP contribution in [0, 0.1) is 0 Å². The smallest absolute Gasteiger partial charge is 0.416 e. The van der Waals surface area contributed by atoms with Crippen LogP contribution in [0.4, 0.5) is 13.2 Å². The number of rotatable bonds is 15. The van der Waals surface area contributed by atoms with Crippen LogP contribution in [0.3, 0.4) is 0 Å². The Morgan fingerprint density at radius 1 is 0.870 bits per heavy atom. The minimum Gasteiger partial charge on any atom is -0.466 e. The van der Waals surface area contributed by atoms with Crippen molar-refractivity contribution in [1.82, 2.24) is 10.2 Å². The molecular weight excluding hydrogens is 593 g/mol. The number of alkyl halides is 3. The first-order valence-electron chi connectivity index (χ1n) is 16.2. The third-order valence-corrected chi connectivity index (χ3v) is 8.73. The standard InChI is InChI=1S/C37H45F3N2O4/c1-3-45-25-10-26-46-34(43)27-36(2,29-11-5-4-6-12-29)21-9-22-42-23-19-31(20-24-42)41-35(44)33-14-8-7-13-32(33)28-15-17-30(18-16-28)37(38,39)40/h4-8,11-18,31H,3,9-10,19-27H2,1-2H3,(H,41,44). The average molecular weight is 639 g/mol. The minimum atomic E-state index is -4.41. The molecule has 6 nitrogen and oxygen atoms in total. The molecule has 9 heteroatoms. The highest BCUT2D eigenvalue weighted by atomic mass is 19.4. The highest BCUT2D eigenvalue weighted by Gasteiger charge is 2.32. The van der Waals surface area contributed by atoms with Gasteiger partial charge in [0, 0.05) is 49.7 Å². The molecule has 1 aliphatic heterocycles. The summed E-state index contributed by atoms with van der Waals surface area (Å²) >= 11 is 0. The maximum absolute atomic E-state index is 13.3. The van der Waals surface area contributed by atoms with Crippen molar-refractivity contribution in [2.75, 3.05) is 39.5 Å². The van der Waals surface area contributed by atoms with Gasteiger partial charge in [-0.1, -0.05) is 67.6 Å². The molecular formula is C37H45F3N2O4. The zero-order valence-corrected chi connectivity index (χ0v) is 26.8. The number of hydrogen-bond acceptors (Lipinski definition) is 5.